The average Bonchev–Trinajstić information content (AvgIpc) is 2.77. The van der Waals surface area contributed by atoms with E-state index in [1.54, 1.807) is 4.90 Å². The maximum absolute atomic E-state index is 13.4. The fraction of sp³-hybridized carbons (Fsp3) is 0.231. The van der Waals surface area contributed by atoms with Crippen molar-refractivity contribution in [3.8, 4) is 0 Å². The molecule has 0 saturated heterocycles. The van der Waals surface area contributed by atoms with Crippen molar-refractivity contribution in [2.75, 3.05) is 0 Å². The van der Waals surface area contributed by atoms with Gasteiger partial charge in [-0.1, -0.05) is 78.4 Å². The topological polar surface area (TPSA) is 49.4 Å². The number of hydrogen-bond acceptors (Lipinski definition) is 2. The minimum absolute atomic E-state index is 0.102. The van der Waals surface area contributed by atoms with Gasteiger partial charge in [0.15, 0.2) is 0 Å². The zero-order valence-electron chi connectivity index (χ0n) is 17.4. The minimum atomic E-state index is -0.967. The van der Waals surface area contributed by atoms with E-state index in [1.165, 1.54) is 0 Å². The molecule has 4 rings (SSSR count). The van der Waals surface area contributed by atoms with Crippen molar-refractivity contribution >= 4 is 11.8 Å². The molecule has 4 nitrogen and oxygen atoms in total. The van der Waals surface area contributed by atoms with Gasteiger partial charge in [-0.2, -0.15) is 0 Å². The summed E-state index contributed by atoms with van der Waals surface area (Å²) < 4.78 is 0. The standard InChI is InChI=1S/C26H26N2O2/c1-19-12-14-21(15-13-19)18-28-24(29)23-11-7-6-10-22(23)16-26(28,2)25(30)27-17-20-8-4-3-5-9-20/h3-15H,16-18H2,1-2H3,(H,27,30). The molecule has 3 aromatic carbocycles. The van der Waals surface area contributed by atoms with Crippen molar-refractivity contribution in [1.82, 2.24) is 10.2 Å². The normalized spacial score (nSPS) is 18.1. The van der Waals surface area contributed by atoms with Crippen LogP contribution in [0.5, 0.6) is 0 Å². The Kier molecular flexibility index (Phi) is 5.40. The molecule has 1 heterocycles. The summed E-state index contributed by atoms with van der Waals surface area (Å²) in [6.45, 7) is 4.73. The number of fused-ring (bicyclic) bond motifs is 1. The summed E-state index contributed by atoms with van der Waals surface area (Å²) in [5.74, 6) is -0.240. The molecule has 0 aliphatic carbocycles. The van der Waals surface area contributed by atoms with Crippen LogP contribution in [0.15, 0.2) is 78.9 Å². The minimum Gasteiger partial charge on any atom is -0.350 e. The first-order valence-corrected chi connectivity index (χ1v) is 10.2. The van der Waals surface area contributed by atoms with Gasteiger partial charge in [-0.15, -0.1) is 0 Å². The fourth-order valence-corrected chi connectivity index (χ4v) is 4.01. The molecule has 1 aliphatic rings. The molecule has 4 heteroatoms. The molecule has 30 heavy (non-hydrogen) atoms. The average molecular weight is 399 g/mol. The van der Waals surface area contributed by atoms with Crippen LogP contribution in [0, 0.1) is 6.92 Å². The van der Waals surface area contributed by atoms with Crippen LogP contribution in [0.1, 0.15) is 39.5 Å². The smallest absolute Gasteiger partial charge is 0.255 e. The highest BCUT2D eigenvalue weighted by Crippen LogP contribution is 2.33. The predicted molar refractivity (Wildman–Crippen MR) is 118 cm³/mol. The van der Waals surface area contributed by atoms with E-state index >= 15 is 0 Å². The molecular weight excluding hydrogens is 372 g/mol. The summed E-state index contributed by atoms with van der Waals surface area (Å²) in [6.07, 6.45) is 0.487. The number of nitrogens with zero attached hydrogens (tertiary/aromatic N) is 1. The molecule has 0 spiro atoms. The highest BCUT2D eigenvalue weighted by atomic mass is 16.2. The van der Waals surface area contributed by atoms with Crippen LogP contribution in [-0.4, -0.2) is 22.3 Å². The van der Waals surface area contributed by atoms with E-state index in [9.17, 15) is 9.59 Å². The second kappa shape index (κ2) is 8.15. The van der Waals surface area contributed by atoms with Crippen LogP contribution < -0.4 is 5.32 Å². The number of hydrogen-bond donors (Lipinski definition) is 1. The Hall–Kier alpha value is -3.40. The second-order valence-electron chi connectivity index (χ2n) is 8.15. The third kappa shape index (κ3) is 3.86. The molecule has 1 N–H and O–H groups in total. The maximum Gasteiger partial charge on any atom is 0.255 e. The SMILES string of the molecule is Cc1ccc(CN2C(=O)c3ccccc3CC2(C)C(=O)NCc2ccccc2)cc1. The molecule has 0 saturated carbocycles. The molecule has 0 fully saturated rings. The van der Waals surface area contributed by atoms with Crippen LogP contribution >= 0.6 is 0 Å². The van der Waals surface area contributed by atoms with Crippen molar-refractivity contribution in [1.29, 1.82) is 0 Å². The molecule has 1 atom stereocenters. The van der Waals surface area contributed by atoms with Gasteiger partial charge in [-0.3, -0.25) is 9.59 Å². The van der Waals surface area contributed by atoms with Gasteiger partial charge in [0.05, 0.1) is 0 Å². The quantitative estimate of drug-likeness (QED) is 0.698. The summed E-state index contributed by atoms with van der Waals surface area (Å²) in [7, 11) is 0. The Morgan fingerprint density at radius 3 is 2.33 bits per heavy atom. The molecule has 2 amide bonds. The van der Waals surface area contributed by atoms with E-state index in [4.69, 9.17) is 0 Å². The lowest BCUT2D eigenvalue weighted by molar-refractivity contribution is -0.132. The van der Waals surface area contributed by atoms with Gasteiger partial charge in [0.2, 0.25) is 5.91 Å². The Morgan fingerprint density at radius 2 is 1.60 bits per heavy atom. The summed E-state index contributed by atoms with van der Waals surface area (Å²) in [6, 6.07) is 25.5. The third-order valence-electron chi connectivity index (χ3n) is 5.87. The molecule has 0 aromatic heterocycles. The van der Waals surface area contributed by atoms with Crippen LogP contribution in [0.25, 0.3) is 0 Å². The predicted octanol–water partition coefficient (Wildman–Crippen LogP) is 4.27. The maximum atomic E-state index is 13.4. The van der Waals surface area contributed by atoms with Crippen LogP contribution in [0.2, 0.25) is 0 Å². The number of carbonyl (C=O) groups is 2. The van der Waals surface area contributed by atoms with Crippen molar-refractivity contribution in [3.05, 3.63) is 107 Å². The highest BCUT2D eigenvalue weighted by molar-refractivity contribution is 6.02. The first kappa shape index (κ1) is 19.9. The Morgan fingerprint density at radius 1 is 0.933 bits per heavy atom. The number of benzene rings is 3. The first-order chi connectivity index (χ1) is 14.5. The van der Waals surface area contributed by atoms with Gasteiger partial charge in [-0.05, 0) is 36.6 Å². The van der Waals surface area contributed by atoms with Gasteiger partial charge in [0, 0.05) is 25.1 Å². The molecule has 1 aliphatic heterocycles. The van der Waals surface area contributed by atoms with Crippen LogP contribution in [0.4, 0.5) is 0 Å². The number of carbonyl (C=O) groups excluding carboxylic acids is 2. The molecule has 152 valence electrons. The second-order valence-corrected chi connectivity index (χ2v) is 8.15. The van der Waals surface area contributed by atoms with Gasteiger partial charge in [0.1, 0.15) is 5.54 Å². The molecule has 1 unspecified atom stereocenters. The van der Waals surface area contributed by atoms with E-state index < -0.39 is 5.54 Å². The third-order valence-corrected chi connectivity index (χ3v) is 5.87. The molecule has 0 radical (unpaired) electrons. The Bertz CT molecular complexity index is 1060. The summed E-state index contributed by atoms with van der Waals surface area (Å²) in [4.78, 5) is 28.5. The van der Waals surface area contributed by atoms with Gasteiger partial charge in [0.25, 0.3) is 5.91 Å². The van der Waals surface area contributed by atoms with Gasteiger partial charge >= 0.3 is 0 Å². The first-order valence-electron chi connectivity index (χ1n) is 10.2. The number of nitrogens with one attached hydrogen (secondary N) is 1. The van der Waals surface area contributed by atoms with Crippen molar-refractivity contribution in [2.24, 2.45) is 0 Å². The Balaban J connectivity index is 1.65. The van der Waals surface area contributed by atoms with E-state index in [0.717, 1.165) is 22.3 Å². The van der Waals surface area contributed by atoms with Crippen LogP contribution in [-0.2, 0) is 24.3 Å². The number of amides is 2. The monoisotopic (exact) mass is 398 g/mol. The van der Waals surface area contributed by atoms with E-state index in [-0.39, 0.29) is 11.8 Å². The zero-order valence-corrected chi connectivity index (χ0v) is 17.4. The zero-order chi connectivity index (χ0) is 21.1. The Labute approximate surface area is 177 Å². The summed E-state index contributed by atoms with van der Waals surface area (Å²) >= 11 is 0. The largest absolute Gasteiger partial charge is 0.350 e. The van der Waals surface area contributed by atoms with Crippen molar-refractivity contribution < 1.29 is 9.59 Å². The van der Waals surface area contributed by atoms with Crippen molar-refractivity contribution in [2.45, 2.75) is 38.9 Å². The lowest BCUT2D eigenvalue weighted by Gasteiger charge is -2.44. The fourth-order valence-electron chi connectivity index (χ4n) is 4.01. The van der Waals surface area contributed by atoms with E-state index in [0.29, 0.717) is 25.1 Å². The summed E-state index contributed by atoms with van der Waals surface area (Å²) in [5.41, 5.74) is 3.83. The van der Waals surface area contributed by atoms with E-state index in [2.05, 4.69) is 5.32 Å². The van der Waals surface area contributed by atoms with Gasteiger partial charge < -0.3 is 10.2 Å². The van der Waals surface area contributed by atoms with Gasteiger partial charge in [-0.25, -0.2) is 0 Å². The molecule has 3 aromatic rings. The lowest BCUT2D eigenvalue weighted by atomic mass is 9.82. The van der Waals surface area contributed by atoms with Crippen molar-refractivity contribution in [3.63, 3.8) is 0 Å². The lowest BCUT2D eigenvalue weighted by Crippen LogP contribution is -2.62. The number of aryl methyl sites for hydroxylation is 1. The van der Waals surface area contributed by atoms with E-state index in [1.807, 2.05) is 92.7 Å². The molecular formula is C26H26N2O2. The number of rotatable bonds is 5. The summed E-state index contributed by atoms with van der Waals surface area (Å²) in [5, 5.41) is 3.05. The highest BCUT2D eigenvalue weighted by Gasteiger charge is 2.46. The molecule has 0 bridgehead atoms. The van der Waals surface area contributed by atoms with Crippen LogP contribution in [0.3, 0.4) is 0 Å².